The number of hydrogen-bond acceptors (Lipinski definition) is 7. The molecule has 4 rings (SSSR count). The number of aromatic nitrogens is 2. The first-order valence-corrected chi connectivity index (χ1v) is 11.0. The number of hydrogen-bond donors (Lipinski definition) is 1. The Morgan fingerprint density at radius 3 is 2.69 bits per heavy atom. The van der Waals surface area contributed by atoms with Crippen LogP contribution in [0.4, 0.5) is 0 Å². The summed E-state index contributed by atoms with van der Waals surface area (Å²) >= 11 is 2.94. The van der Waals surface area contributed by atoms with E-state index in [1.165, 1.54) is 29.2 Å². The van der Waals surface area contributed by atoms with Crippen LogP contribution in [-0.4, -0.2) is 14.7 Å². The molecule has 6 nitrogen and oxygen atoms in total. The predicted molar refractivity (Wildman–Crippen MR) is 117 cm³/mol. The smallest absolute Gasteiger partial charge is 0.336 e. The Kier molecular flexibility index (Phi) is 5.00. The maximum absolute atomic E-state index is 13.0. The number of thiophene rings is 1. The predicted octanol–water partition coefficient (Wildman–Crippen LogP) is 4.51. The second kappa shape index (κ2) is 7.35. The Balaban J connectivity index is 1.80. The summed E-state index contributed by atoms with van der Waals surface area (Å²) < 4.78 is 6.99. The van der Waals surface area contributed by atoms with Gasteiger partial charge in [-0.25, -0.2) is 9.78 Å². The first-order valence-electron chi connectivity index (χ1n) is 9.20. The van der Waals surface area contributed by atoms with Gasteiger partial charge >= 0.3 is 5.63 Å². The first kappa shape index (κ1) is 19.7. The fourth-order valence-electron chi connectivity index (χ4n) is 3.38. The Labute approximate surface area is 174 Å². The van der Waals surface area contributed by atoms with Crippen LogP contribution in [0.1, 0.15) is 28.5 Å². The van der Waals surface area contributed by atoms with Crippen LogP contribution in [0, 0.1) is 20.8 Å². The highest BCUT2D eigenvalue weighted by Crippen LogP contribution is 2.32. The van der Waals surface area contributed by atoms with Crippen LogP contribution in [0.5, 0.6) is 5.75 Å². The lowest BCUT2D eigenvalue weighted by Gasteiger charge is -2.11. The van der Waals surface area contributed by atoms with Crippen molar-refractivity contribution in [3.8, 4) is 5.75 Å². The standard InChI is InChI=1S/C21H20N2O4S2/c1-5-23-20(26)17-10(2)12(4)29-19(17)22-21(23)28-9-13-8-16(25)27-18-11(3)15(24)7-6-14(13)18/h6-8,24H,5,9H2,1-4H3. The number of fused-ring (bicyclic) bond motifs is 2. The zero-order valence-corrected chi connectivity index (χ0v) is 18.2. The van der Waals surface area contributed by atoms with Crippen molar-refractivity contribution in [2.24, 2.45) is 0 Å². The lowest BCUT2D eigenvalue weighted by atomic mass is 10.1. The fourth-order valence-corrected chi connectivity index (χ4v) is 5.50. The molecule has 0 spiro atoms. The van der Waals surface area contributed by atoms with Gasteiger partial charge in [0.2, 0.25) is 0 Å². The van der Waals surface area contributed by atoms with Gasteiger partial charge in [-0.15, -0.1) is 11.3 Å². The molecule has 0 atom stereocenters. The summed E-state index contributed by atoms with van der Waals surface area (Å²) in [6.45, 7) is 8.10. The summed E-state index contributed by atoms with van der Waals surface area (Å²) in [5.41, 5.74) is 2.18. The minimum absolute atomic E-state index is 0.0277. The SMILES string of the molecule is CCn1c(SCc2cc(=O)oc3c(C)c(O)ccc23)nc2sc(C)c(C)c2c1=O. The molecular weight excluding hydrogens is 408 g/mol. The van der Waals surface area contributed by atoms with Crippen molar-refractivity contribution in [2.45, 2.75) is 45.1 Å². The largest absolute Gasteiger partial charge is 0.508 e. The molecule has 1 aromatic carbocycles. The molecule has 0 saturated heterocycles. The molecule has 0 unspecified atom stereocenters. The lowest BCUT2D eigenvalue weighted by molar-refractivity contribution is 0.468. The van der Waals surface area contributed by atoms with E-state index in [0.29, 0.717) is 34.0 Å². The minimum atomic E-state index is -0.470. The van der Waals surface area contributed by atoms with E-state index < -0.39 is 5.63 Å². The van der Waals surface area contributed by atoms with Crippen molar-refractivity contribution in [1.29, 1.82) is 0 Å². The van der Waals surface area contributed by atoms with Crippen LogP contribution in [0.3, 0.4) is 0 Å². The summed E-state index contributed by atoms with van der Waals surface area (Å²) in [7, 11) is 0. The van der Waals surface area contributed by atoms with Crippen LogP contribution >= 0.6 is 23.1 Å². The number of aromatic hydroxyl groups is 1. The highest BCUT2D eigenvalue weighted by atomic mass is 32.2. The van der Waals surface area contributed by atoms with Gasteiger partial charge in [0.05, 0.1) is 5.39 Å². The molecule has 0 aliphatic carbocycles. The monoisotopic (exact) mass is 428 g/mol. The third-order valence-corrected chi connectivity index (χ3v) is 7.27. The van der Waals surface area contributed by atoms with Crippen molar-refractivity contribution in [3.63, 3.8) is 0 Å². The third-order valence-electron chi connectivity index (χ3n) is 5.14. The van der Waals surface area contributed by atoms with E-state index in [1.54, 1.807) is 23.6 Å². The molecule has 0 aliphatic heterocycles. The van der Waals surface area contributed by atoms with E-state index in [-0.39, 0.29) is 11.3 Å². The van der Waals surface area contributed by atoms with Crippen molar-refractivity contribution >= 4 is 44.3 Å². The number of thioether (sulfide) groups is 1. The molecule has 150 valence electrons. The van der Waals surface area contributed by atoms with Gasteiger partial charge in [0.15, 0.2) is 5.16 Å². The number of phenols is 1. The van der Waals surface area contributed by atoms with Crippen molar-refractivity contribution < 1.29 is 9.52 Å². The van der Waals surface area contributed by atoms with E-state index in [2.05, 4.69) is 0 Å². The average molecular weight is 429 g/mol. The lowest BCUT2D eigenvalue weighted by Crippen LogP contribution is -2.22. The first-order chi connectivity index (χ1) is 13.8. The van der Waals surface area contributed by atoms with Gasteiger partial charge in [-0.3, -0.25) is 9.36 Å². The third kappa shape index (κ3) is 3.26. The summed E-state index contributed by atoms with van der Waals surface area (Å²) in [6.07, 6.45) is 0. The zero-order valence-electron chi connectivity index (χ0n) is 16.5. The van der Waals surface area contributed by atoms with Gasteiger partial charge < -0.3 is 9.52 Å². The molecule has 0 fully saturated rings. The molecule has 3 aromatic heterocycles. The number of rotatable bonds is 4. The van der Waals surface area contributed by atoms with Gasteiger partial charge in [-0.05, 0) is 51.0 Å². The van der Waals surface area contributed by atoms with Crippen molar-refractivity contribution in [3.05, 3.63) is 60.5 Å². The summed E-state index contributed by atoms with van der Waals surface area (Å²) in [4.78, 5) is 31.6. The number of aryl methyl sites for hydroxylation is 3. The maximum Gasteiger partial charge on any atom is 0.336 e. The van der Waals surface area contributed by atoms with E-state index >= 15 is 0 Å². The van der Waals surface area contributed by atoms with Crippen LogP contribution in [0.2, 0.25) is 0 Å². The van der Waals surface area contributed by atoms with E-state index in [0.717, 1.165) is 26.2 Å². The molecule has 29 heavy (non-hydrogen) atoms. The van der Waals surface area contributed by atoms with Crippen LogP contribution in [0.25, 0.3) is 21.2 Å². The Bertz CT molecular complexity index is 1380. The molecule has 0 radical (unpaired) electrons. The van der Waals surface area contributed by atoms with Gasteiger partial charge in [0.1, 0.15) is 16.2 Å². The minimum Gasteiger partial charge on any atom is -0.508 e. The second-order valence-corrected chi connectivity index (χ2v) is 9.02. The summed E-state index contributed by atoms with van der Waals surface area (Å²) in [5.74, 6) is 0.536. The van der Waals surface area contributed by atoms with Crippen molar-refractivity contribution in [1.82, 2.24) is 9.55 Å². The molecule has 0 aliphatic rings. The Morgan fingerprint density at radius 1 is 1.21 bits per heavy atom. The van der Waals surface area contributed by atoms with Crippen LogP contribution in [0.15, 0.2) is 37.4 Å². The molecule has 0 saturated carbocycles. The molecular formula is C21H20N2O4S2. The molecule has 1 N–H and O–H groups in total. The van der Waals surface area contributed by atoms with Gasteiger partial charge in [0, 0.05) is 34.2 Å². The molecule has 0 amide bonds. The fraction of sp³-hybridized carbons (Fsp3) is 0.286. The van der Waals surface area contributed by atoms with Crippen LogP contribution < -0.4 is 11.2 Å². The van der Waals surface area contributed by atoms with E-state index in [4.69, 9.17) is 9.40 Å². The van der Waals surface area contributed by atoms with E-state index in [1.807, 2.05) is 20.8 Å². The van der Waals surface area contributed by atoms with Gasteiger partial charge in [-0.1, -0.05) is 11.8 Å². The summed E-state index contributed by atoms with van der Waals surface area (Å²) in [5, 5.41) is 12.0. The topological polar surface area (TPSA) is 85.3 Å². The van der Waals surface area contributed by atoms with Gasteiger partial charge in [-0.2, -0.15) is 0 Å². The number of benzene rings is 1. The van der Waals surface area contributed by atoms with E-state index in [9.17, 15) is 14.7 Å². The highest BCUT2D eigenvalue weighted by molar-refractivity contribution is 7.98. The van der Waals surface area contributed by atoms with Gasteiger partial charge in [0.25, 0.3) is 5.56 Å². The quantitative estimate of drug-likeness (QED) is 0.292. The molecule has 0 bridgehead atoms. The summed E-state index contributed by atoms with van der Waals surface area (Å²) in [6, 6.07) is 4.79. The number of phenolic OH excluding ortho intramolecular Hbond substituents is 1. The second-order valence-electron chi connectivity index (χ2n) is 6.87. The zero-order chi connectivity index (χ0) is 20.9. The Hall–Kier alpha value is -2.58. The molecule has 4 aromatic rings. The number of nitrogens with zero attached hydrogens (tertiary/aromatic N) is 2. The van der Waals surface area contributed by atoms with Crippen molar-refractivity contribution in [2.75, 3.05) is 0 Å². The normalized spacial score (nSPS) is 11.6. The highest BCUT2D eigenvalue weighted by Gasteiger charge is 2.17. The maximum atomic E-state index is 13.0. The average Bonchev–Trinajstić information content (AvgIpc) is 2.97. The Morgan fingerprint density at radius 2 is 1.97 bits per heavy atom. The molecule has 3 heterocycles. The van der Waals surface area contributed by atoms with Crippen LogP contribution in [-0.2, 0) is 12.3 Å². The molecule has 8 heteroatoms.